The molecule has 0 aliphatic rings. The molecule has 0 aliphatic carbocycles. The molecule has 9 heteroatoms. The summed E-state index contributed by atoms with van der Waals surface area (Å²) in [6, 6.07) is 1.62. The average molecular weight is 319 g/mol. The molecule has 108 valence electrons. The van der Waals surface area contributed by atoms with Crippen LogP contribution < -0.4 is 9.47 Å². The molecule has 1 aromatic carbocycles. The van der Waals surface area contributed by atoms with Crippen LogP contribution in [-0.4, -0.2) is 22.6 Å². The van der Waals surface area contributed by atoms with E-state index >= 15 is 0 Å². The Balaban J connectivity index is 3.49. The van der Waals surface area contributed by atoms with Crippen molar-refractivity contribution < 1.29 is 31.1 Å². The number of rotatable bonds is 4. The van der Waals surface area contributed by atoms with Gasteiger partial charge in [0.15, 0.2) is 11.5 Å². The molecule has 0 atom stereocenters. The van der Waals surface area contributed by atoms with Gasteiger partial charge in [-0.05, 0) is 17.7 Å². The predicted molar refractivity (Wildman–Crippen MR) is 63.0 cm³/mol. The van der Waals surface area contributed by atoms with Crippen molar-refractivity contribution in [2.75, 3.05) is 14.2 Å². The molecule has 0 saturated carbocycles. The van der Waals surface area contributed by atoms with Crippen molar-refractivity contribution in [1.29, 1.82) is 0 Å². The quantitative estimate of drug-likeness (QED) is 0.801. The Morgan fingerprint density at radius 3 is 2.00 bits per heavy atom. The largest absolute Gasteiger partial charge is 0.493 e. The second-order valence-corrected chi connectivity index (χ2v) is 6.32. The lowest BCUT2D eigenvalue weighted by Gasteiger charge is -2.16. The summed E-state index contributed by atoms with van der Waals surface area (Å²) in [4.78, 5) is 0. The van der Waals surface area contributed by atoms with Crippen molar-refractivity contribution >= 4 is 19.7 Å². The van der Waals surface area contributed by atoms with Gasteiger partial charge >= 0.3 is 6.18 Å². The molecule has 4 nitrogen and oxygen atoms in total. The Labute approximate surface area is 112 Å². The van der Waals surface area contributed by atoms with Crippen molar-refractivity contribution in [1.82, 2.24) is 0 Å². The third-order valence-corrected chi connectivity index (χ3v) is 3.23. The Morgan fingerprint density at radius 2 is 1.63 bits per heavy atom. The molecule has 0 unspecified atom stereocenters. The SMILES string of the molecule is COc1cc(CS(=O)(=O)Cl)c(C(F)(F)F)cc1OC. The van der Waals surface area contributed by atoms with Gasteiger partial charge in [-0.3, -0.25) is 0 Å². The molecular formula is C10H10ClF3O4S. The Hall–Kier alpha value is -1.15. The van der Waals surface area contributed by atoms with Crippen LogP contribution in [0.2, 0.25) is 0 Å². The van der Waals surface area contributed by atoms with Crippen LogP contribution in [0.15, 0.2) is 12.1 Å². The standard InChI is InChI=1S/C10H10ClF3O4S/c1-17-8-3-6(5-19(11,15)16)7(10(12,13)14)4-9(8)18-2/h3-4H,5H2,1-2H3. The van der Waals surface area contributed by atoms with Crippen LogP contribution in [0.5, 0.6) is 11.5 Å². The van der Waals surface area contributed by atoms with Gasteiger partial charge in [0.1, 0.15) is 0 Å². The van der Waals surface area contributed by atoms with Gasteiger partial charge in [0.25, 0.3) is 0 Å². The van der Waals surface area contributed by atoms with Gasteiger partial charge in [-0.1, -0.05) is 0 Å². The number of benzene rings is 1. The number of ether oxygens (including phenoxy) is 2. The van der Waals surface area contributed by atoms with Crippen LogP contribution in [0.3, 0.4) is 0 Å². The Morgan fingerprint density at radius 1 is 1.16 bits per heavy atom. The lowest BCUT2D eigenvalue weighted by atomic mass is 10.1. The number of methoxy groups -OCH3 is 2. The van der Waals surface area contributed by atoms with E-state index in [1.54, 1.807) is 0 Å². The minimum Gasteiger partial charge on any atom is -0.493 e. The van der Waals surface area contributed by atoms with E-state index in [2.05, 4.69) is 0 Å². The lowest BCUT2D eigenvalue weighted by Crippen LogP contribution is -2.12. The topological polar surface area (TPSA) is 52.6 Å². The third-order valence-electron chi connectivity index (χ3n) is 2.24. The summed E-state index contributed by atoms with van der Waals surface area (Å²) in [5.74, 6) is -1.11. The molecule has 0 N–H and O–H groups in total. The first-order valence-corrected chi connectivity index (χ1v) is 7.30. The van der Waals surface area contributed by atoms with Crippen molar-refractivity contribution in [3.8, 4) is 11.5 Å². The molecule has 0 bridgehead atoms. The van der Waals surface area contributed by atoms with E-state index in [4.69, 9.17) is 20.2 Å². The maximum atomic E-state index is 12.8. The molecule has 0 radical (unpaired) electrons. The minimum atomic E-state index is -4.73. The van der Waals surface area contributed by atoms with E-state index in [0.29, 0.717) is 6.07 Å². The zero-order chi connectivity index (χ0) is 14.8. The summed E-state index contributed by atoms with van der Waals surface area (Å²) >= 11 is 0. The Bertz CT molecular complexity index is 569. The molecular weight excluding hydrogens is 309 g/mol. The van der Waals surface area contributed by atoms with Gasteiger partial charge in [-0.2, -0.15) is 13.2 Å². The maximum absolute atomic E-state index is 12.8. The molecule has 0 aromatic heterocycles. The number of hydrogen-bond donors (Lipinski definition) is 0. The normalized spacial score (nSPS) is 12.3. The first-order valence-electron chi connectivity index (χ1n) is 4.83. The van der Waals surface area contributed by atoms with Gasteiger partial charge in [-0.25, -0.2) is 8.42 Å². The van der Waals surface area contributed by atoms with Crippen molar-refractivity contribution in [3.63, 3.8) is 0 Å². The van der Waals surface area contributed by atoms with Crippen molar-refractivity contribution in [2.45, 2.75) is 11.9 Å². The average Bonchev–Trinajstić information content (AvgIpc) is 2.24. The fourth-order valence-electron chi connectivity index (χ4n) is 1.49. The maximum Gasteiger partial charge on any atom is 0.416 e. The predicted octanol–water partition coefficient (Wildman–Crippen LogP) is 2.79. The molecule has 0 fully saturated rings. The van der Waals surface area contributed by atoms with E-state index < -0.39 is 32.1 Å². The summed E-state index contributed by atoms with van der Waals surface area (Å²) in [5.41, 5.74) is -1.63. The fourth-order valence-corrected chi connectivity index (χ4v) is 2.45. The van der Waals surface area contributed by atoms with Gasteiger partial charge in [0.2, 0.25) is 9.05 Å². The molecule has 1 rings (SSSR count). The highest BCUT2D eigenvalue weighted by molar-refractivity contribution is 8.13. The summed E-state index contributed by atoms with van der Waals surface area (Å²) < 4.78 is 70.0. The highest BCUT2D eigenvalue weighted by Gasteiger charge is 2.35. The zero-order valence-corrected chi connectivity index (χ0v) is 11.5. The number of hydrogen-bond acceptors (Lipinski definition) is 4. The second kappa shape index (κ2) is 5.46. The van der Waals surface area contributed by atoms with Crippen LogP contribution in [0.25, 0.3) is 0 Å². The van der Waals surface area contributed by atoms with Gasteiger partial charge in [0, 0.05) is 10.7 Å². The summed E-state index contributed by atoms with van der Waals surface area (Å²) in [6.45, 7) is 0. The van der Waals surface area contributed by atoms with E-state index in [-0.39, 0.29) is 11.5 Å². The minimum absolute atomic E-state index is 0.00850. The summed E-state index contributed by atoms with van der Waals surface area (Å²) in [7, 11) is 3.27. The van der Waals surface area contributed by atoms with Crippen molar-refractivity contribution in [3.05, 3.63) is 23.3 Å². The van der Waals surface area contributed by atoms with E-state index in [0.717, 1.165) is 6.07 Å². The fraction of sp³-hybridized carbons (Fsp3) is 0.400. The zero-order valence-electron chi connectivity index (χ0n) is 9.91. The third kappa shape index (κ3) is 4.17. The number of halogens is 4. The lowest BCUT2D eigenvalue weighted by molar-refractivity contribution is -0.138. The van der Waals surface area contributed by atoms with E-state index in [9.17, 15) is 21.6 Å². The summed E-state index contributed by atoms with van der Waals surface area (Å²) in [5, 5.41) is 0. The molecule has 0 saturated heterocycles. The first-order chi connectivity index (χ1) is 8.58. The molecule has 0 amide bonds. The van der Waals surface area contributed by atoms with Gasteiger partial charge in [-0.15, -0.1) is 0 Å². The molecule has 1 aromatic rings. The van der Waals surface area contributed by atoms with Crippen LogP contribution in [0.1, 0.15) is 11.1 Å². The van der Waals surface area contributed by atoms with E-state index in [1.165, 1.54) is 14.2 Å². The monoisotopic (exact) mass is 318 g/mol. The first kappa shape index (κ1) is 15.9. The van der Waals surface area contributed by atoms with Crippen LogP contribution >= 0.6 is 10.7 Å². The Kier molecular flexibility index (Phi) is 4.57. The van der Waals surface area contributed by atoms with E-state index in [1.807, 2.05) is 0 Å². The van der Waals surface area contributed by atoms with Crippen molar-refractivity contribution in [2.24, 2.45) is 0 Å². The highest BCUT2D eigenvalue weighted by Crippen LogP contribution is 2.39. The van der Waals surface area contributed by atoms with Gasteiger partial charge < -0.3 is 9.47 Å². The smallest absolute Gasteiger partial charge is 0.416 e. The van der Waals surface area contributed by atoms with Gasteiger partial charge in [0.05, 0.1) is 25.5 Å². The molecule has 0 spiro atoms. The highest BCUT2D eigenvalue weighted by atomic mass is 35.7. The van der Waals surface area contributed by atoms with Crippen LogP contribution in [0.4, 0.5) is 13.2 Å². The molecule has 0 aliphatic heterocycles. The second-order valence-electron chi connectivity index (χ2n) is 3.55. The van der Waals surface area contributed by atoms with Crippen LogP contribution in [-0.2, 0) is 21.0 Å². The van der Waals surface area contributed by atoms with Crippen LogP contribution in [0, 0.1) is 0 Å². The number of alkyl halides is 3. The molecule has 0 heterocycles. The summed E-state index contributed by atoms with van der Waals surface area (Å²) in [6.07, 6.45) is -4.73. The molecule has 19 heavy (non-hydrogen) atoms.